The van der Waals surface area contributed by atoms with Crippen molar-refractivity contribution in [3.8, 4) is 0 Å². The molecule has 8 heteroatoms. The number of Topliss-reactive ketones (excluding diaryl/α,β-unsaturated/α-hetero) is 1. The average Bonchev–Trinajstić information content (AvgIpc) is 3.40. The smallest absolute Gasteiger partial charge is 0.333 e. The second-order valence-electron chi connectivity index (χ2n) is 8.38. The molecule has 0 aliphatic heterocycles. The SMILES string of the molecule is Cc1c(S(=O)(=O)NC(=O)Nc2c3c(cc4c2CCC4)CCC3)oc2c1C(=O)CCC2. The van der Waals surface area contributed by atoms with Gasteiger partial charge in [-0.3, -0.25) is 4.79 Å². The van der Waals surface area contributed by atoms with Gasteiger partial charge in [0.05, 0.1) is 5.56 Å². The third-order valence-electron chi connectivity index (χ3n) is 6.45. The van der Waals surface area contributed by atoms with Crippen LogP contribution in [0, 0.1) is 6.92 Å². The number of benzene rings is 1. The monoisotopic (exact) mass is 428 g/mol. The molecule has 2 aromatic rings. The largest absolute Gasteiger partial charge is 0.447 e. The average molecular weight is 429 g/mol. The van der Waals surface area contributed by atoms with E-state index in [0.29, 0.717) is 30.6 Å². The van der Waals surface area contributed by atoms with Gasteiger partial charge in [-0.1, -0.05) is 6.07 Å². The number of anilines is 1. The molecule has 0 saturated heterocycles. The Labute approximate surface area is 175 Å². The van der Waals surface area contributed by atoms with E-state index in [1.54, 1.807) is 6.92 Å². The van der Waals surface area contributed by atoms with Crippen molar-refractivity contribution >= 4 is 27.5 Å². The number of sulfonamides is 1. The van der Waals surface area contributed by atoms with E-state index < -0.39 is 16.1 Å². The Kier molecular flexibility index (Phi) is 4.50. The molecule has 0 unspecified atom stereocenters. The van der Waals surface area contributed by atoms with Gasteiger partial charge in [-0.2, -0.15) is 8.42 Å². The number of furan rings is 1. The maximum Gasteiger partial charge on any atom is 0.333 e. The van der Waals surface area contributed by atoms with Crippen LogP contribution in [0.5, 0.6) is 0 Å². The Morgan fingerprint density at radius 2 is 1.60 bits per heavy atom. The van der Waals surface area contributed by atoms with E-state index in [1.807, 2.05) is 0 Å². The lowest BCUT2D eigenvalue weighted by atomic mass is 9.95. The summed E-state index contributed by atoms with van der Waals surface area (Å²) in [6.45, 7) is 1.55. The van der Waals surface area contributed by atoms with Crippen LogP contribution >= 0.6 is 0 Å². The summed E-state index contributed by atoms with van der Waals surface area (Å²) >= 11 is 0. The van der Waals surface area contributed by atoms with Gasteiger partial charge in [0, 0.05) is 24.1 Å². The molecular formula is C22H24N2O5S. The van der Waals surface area contributed by atoms with Gasteiger partial charge in [0.1, 0.15) is 5.76 Å². The van der Waals surface area contributed by atoms with Crippen LogP contribution in [0.3, 0.4) is 0 Å². The van der Waals surface area contributed by atoms with Crippen LogP contribution < -0.4 is 10.0 Å². The van der Waals surface area contributed by atoms with E-state index >= 15 is 0 Å². The molecule has 0 spiro atoms. The first-order valence-corrected chi connectivity index (χ1v) is 12.0. The Hall–Kier alpha value is -2.61. The minimum absolute atomic E-state index is 0.112. The highest BCUT2D eigenvalue weighted by Gasteiger charge is 2.33. The number of rotatable bonds is 3. The molecule has 0 bridgehead atoms. The first-order chi connectivity index (χ1) is 14.3. The summed E-state index contributed by atoms with van der Waals surface area (Å²) in [4.78, 5) is 24.9. The Balaban J connectivity index is 1.43. The molecule has 30 heavy (non-hydrogen) atoms. The molecular weight excluding hydrogens is 404 g/mol. The maximum absolute atomic E-state index is 12.9. The zero-order valence-electron chi connectivity index (χ0n) is 16.9. The number of carbonyl (C=O) groups excluding carboxylic acids is 2. The number of aryl methyl sites for hydroxylation is 3. The predicted molar refractivity (Wildman–Crippen MR) is 111 cm³/mol. The van der Waals surface area contributed by atoms with Crippen molar-refractivity contribution in [1.29, 1.82) is 0 Å². The molecule has 3 aliphatic carbocycles. The number of carbonyl (C=O) groups is 2. The van der Waals surface area contributed by atoms with E-state index in [4.69, 9.17) is 4.42 Å². The fraction of sp³-hybridized carbons (Fsp3) is 0.455. The lowest BCUT2D eigenvalue weighted by Gasteiger charge is -2.16. The summed E-state index contributed by atoms with van der Waals surface area (Å²) in [6, 6.07) is 1.45. The van der Waals surface area contributed by atoms with Crippen LogP contribution in [0.4, 0.5) is 10.5 Å². The van der Waals surface area contributed by atoms with E-state index in [1.165, 1.54) is 11.1 Å². The minimum Gasteiger partial charge on any atom is -0.447 e. The molecule has 158 valence electrons. The third kappa shape index (κ3) is 3.05. The summed E-state index contributed by atoms with van der Waals surface area (Å²) in [5, 5.41) is 2.47. The Bertz CT molecular complexity index is 1160. The van der Waals surface area contributed by atoms with Crippen LogP contribution in [0.1, 0.15) is 69.6 Å². The summed E-state index contributed by atoms with van der Waals surface area (Å²) in [5.41, 5.74) is 6.15. The first-order valence-electron chi connectivity index (χ1n) is 10.5. The summed E-state index contributed by atoms with van der Waals surface area (Å²) in [6.07, 6.45) is 7.36. The van der Waals surface area contributed by atoms with E-state index in [9.17, 15) is 18.0 Å². The molecule has 0 radical (unpaired) electrons. The zero-order chi connectivity index (χ0) is 21.0. The number of hydrogen-bond acceptors (Lipinski definition) is 5. The van der Waals surface area contributed by atoms with Gasteiger partial charge in [-0.15, -0.1) is 0 Å². The highest BCUT2D eigenvalue weighted by molar-refractivity contribution is 7.90. The molecule has 5 rings (SSSR count). The van der Waals surface area contributed by atoms with Crippen LogP contribution in [0.15, 0.2) is 15.6 Å². The van der Waals surface area contributed by atoms with Crippen LogP contribution in [0.25, 0.3) is 0 Å². The van der Waals surface area contributed by atoms with Gasteiger partial charge in [0.15, 0.2) is 5.78 Å². The topological polar surface area (TPSA) is 105 Å². The molecule has 2 N–H and O–H groups in total. The number of fused-ring (bicyclic) bond motifs is 3. The molecule has 0 atom stereocenters. The zero-order valence-corrected chi connectivity index (χ0v) is 17.7. The minimum atomic E-state index is -4.24. The summed E-state index contributed by atoms with van der Waals surface area (Å²) in [7, 11) is -4.24. The van der Waals surface area contributed by atoms with Crippen molar-refractivity contribution in [3.63, 3.8) is 0 Å². The first kappa shape index (κ1) is 19.4. The van der Waals surface area contributed by atoms with Crippen molar-refractivity contribution in [1.82, 2.24) is 4.72 Å². The third-order valence-corrected chi connectivity index (χ3v) is 7.78. The highest BCUT2D eigenvalue weighted by atomic mass is 32.2. The van der Waals surface area contributed by atoms with Crippen molar-refractivity contribution in [2.45, 2.75) is 69.8 Å². The number of amides is 2. The number of hydrogen-bond donors (Lipinski definition) is 2. The summed E-state index contributed by atoms with van der Waals surface area (Å²) in [5.74, 6) is 0.280. The van der Waals surface area contributed by atoms with Gasteiger partial charge in [0.2, 0.25) is 5.09 Å². The number of urea groups is 1. The lowest BCUT2D eigenvalue weighted by Crippen LogP contribution is -2.35. The normalized spacial score (nSPS) is 17.4. The lowest BCUT2D eigenvalue weighted by molar-refractivity contribution is 0.0968. The Morgan fingerprint density at radius 1 is 0.967 bits per heavy atom. The van der Waals surface area contributed by atoms with Gasteiger partial charge in [-0.25, -0.2) is 9.52 Å². The highest BCUT2D eigenvalue weighted by Crippen LogP contribution is 2.38. The van der Waals surface area contributed by atoms with Crippen LogP contribution in [-0.2, 0) is 42.1 Å². The predicted octanol–water partition coefficient (Wildman–Crippen LogP) is 3.59. The van der Waals surface area contributed by atoms with Crippen LogP contribution in [-0.4, -0.2) is 20.2 Å². The molecule has 7 nitrogen and oxygen atoms in total. The van der Waals surface area contributed by atoms with Gasteiger partial charge in [0.25, 0.3) is 10.0 Å². The van der Waals surface area contributed by atoms with Crippen molar-refractivity contribution in [3.05, 3.63) is 45.2 Å². The van der Waals surface area contributed by atoms with E-state index in [-0.39, 0.29) is 16.4 Å². The molecule has 1 heterocycles. The molecule has 1 aromatic heterocycles. The Morgan fingerprint density at radius 3 is 2.23 bits per heavy atom. The molecule has 0 saturated carbocycles. The van der Waals surface area contributed by atoms with Gasteiger partial charge >= 0.3 is 6.03 Å². The molecule has 3 aliphatic rings. The van der Waals surface area contributed by atoms with E-state index in [2.05, 4.69) is 16.1 Å². The quantitative estimate of drug-likeness (QED) is 0.777. The molecule has 2 amide bonds. The summed E-state index contributed by atoms with van der Waals surface area (Å²) < 4.78 is 33.3. The fourth-order valence-corrected chi connectivity index (χ4v) is 6.26. The molecule has 0 fully saturated rings. The van der Waals surface area contributed by atoms with Gasteiger partial charge < -0.3 is 9.73 Å². The fourth-order valence-electron chi connectivity index (χ4n) is 5.16. The number of nitrogens with one attached hydrogen (secondary N) is 2. The van der Waals surface area contributed by atoms with E-state index in [0.717, 1.165) is 55.3 Å². The van der Waals surface area contributed by atoms with Crippen molar-refractivity contribution < 1.29 is 22.4 Å². The van der Waals surface area contributed by atoms with Crippen molar-refractivity contribution in [2.24, 2.45) is 0 Å². The second-order valence-corrected chi connectivity index (χ2v) is 9.96. The van der Waals surface area contributed by atoms with Gasteiger partial charge in [-0.05, 0) is 74.1 Å². The second kappa shape index (κ2) is 6.97. The van der Waals surface area contributed by atoms with Crippen LogP contribution in [0.2, 0.25) is 0 Å². The van der Waals surface area contributed by atoms with Crippen molar-refractivity contribution in [2.75, 3.05) is 5.32 Å². The number of ketones is 1. The maximum atomic E-state index is 12.9. The molecule has 1 aromatic carbocycles. The standard InChI is InChI=1S/C22H24N2O5S/c1-12-19-17(25)9-4-10-18(19)29-21(12)30(27,28)24-22(26)23-20-15-7-2-5-13(15)11-14-6-3-8-16(14)20/h11H,2-10H2,1H3,(H2,23,24,26).